The van der Waals surface area contributed by atoms with Crippen LogP contribution in [0, 0.1) is 5.82 Å². The van der Waals surface area contributed by atoms with Crippen molar-refractivity contribution in [3.05, 3.63) is 35.6 Å². The highest BCUT2D eigenvalue weighted by molar-refractivity contribution is 5.84. The van der Waals surface area contributed by atoms with Crippen LogP contribution in [0.4, 0.5) is 4.39 Å². The number of amidine groups is 1. The van der Waals surface area contributed by atoms with E-state index >= 15 is 0 Å². The maximum absolute atomic E-state index is 12.8. The first kappa shape index (κ1) is 11.5. The number of nitrogens with one attached hydrogen (secondary N) is 1. The van der Waals surface area contributed by atoms with E-state index < -0.39 is 0 Å². The summed E-state index contributed by atoms with van der Waals surface area (Å²) in [6, 6.07) is 6.01. The van der Waals surface area contributed by atoms with Crippen molar-refractivity contribution >= 4 is 5.84 Å². The fourth-order valence-corrected chi connectivity index (χ4v) is 1.11. The van der Waals surface area contributed by atoms with Gasteiger partial charge in [-0.1, -0.05) is 17.3 Å². The highest BCUT2D eigenvalue weighted by Crippen LogP contribution is 2.03. The molecule has 0 aliphatic heterocycles. The quantitative estimate of drug-likeness (QED) is 0.302. The molecule has 4 nitrogen and oxygen atoms in total. The topological polar surface area (TPSA) is 70.6 Å². The molecule has 0 saturated carbocycles. The van der Waals surface area contributed by atoms with E-state index in [-0.39, 0.29) is 17.7 Å². The zero-order chi connectivity index (χ0) is 11.3. The van der Waals surface area contributed by atoms with Crippen molar-refractivity contribution in [1.29, 1.82) is 0 Å². The van der Waals surface area contributed by atoms with Gasteiger partial charge in [0.2, 0.25) is 0 Å². The lowest BCUT2D eigenvalue weighted by Gasteiger charge is -2.11. The molecule has 82 valence electrons. The van der Waals surface area contributed by atoms with Crippen LogP contribution in [0.15, 0.2) is 29.4 Å². The molecule has 0 saturated heterocycles. The van der Waals surface area contributed by atoms with Gasteiger partial charge in [-0.05, 0) is 24.6 Å². The molecule has 15 heavy (non-hydrogen) atoms. The van der Waals surface area contributed by atoms with Crippen LogP contribution in [-0.2, 0) is 6.54 Å². The predicted molar refractivity (Wildman–Crippen MR) is 56.1 cm³/mol. The van der Waals surface area contributed by atoms with Gasteiger partial charge in [-0.25, -0.2) is 4.39 Å². The molecule has 0 amide bonds. The van der Waals surface area contributed by atoms with Crippen LogP contribution in [-0.4, -0.2) is 17.1 Å². The molecule has 5 heteroatoms. The van der Waals surface area contributed by atoms with E-state index in [1.807, 2.05) is 0 Å². The molecule has 0 aliphatic carbocycles. The van der Waals surface area contributed by atoms with Crippen LogP contribution in [0.1, 0.15) is 12.5 Å². The second kappa shape index (κ2) is 5.31. The number of benzene rings is 1. The van der Waals surface area contributed by atoms with Crippen molar-refractivity contribution in [2.45, 2.75) is 19.5 Å². The summed E-state index contributed by atoms with van der Waals surface area (Å²) in [5.74, 6) is -0.169. The summed E-state index contributed by atoms with van der Waals surface area (Å²) in [4.78, 5) is 0. The van der Waals surface area contributed by atoms with Gasteiger partial charge in [0.15, 0.2) is 5.84 Å². The Morgan fingerprint density at radius 3 is 3.00 bits per heavy atom. The molecular weight excluding hydrogens is 197 g/mol. The van der Waals surface area contributed by atoms with Crippen LogP contribution >= 0.6 is 0 Å². The normalized spacial score (nSPS) is 13.9. The Hall–Kier alpha value is -1.62. The van der Waals surface area contributed by atoms with Crippen LogP contribution in [0.5, 0.6) is 0 Å². The molecular formula is C10H14FN3O. The van der Waals surface area contributed by atoms with Crippen molar-refractivity contribution in [3.8, 4) is 0 Å². The average Bonchev–Trinajstić information content (AvgIpc) is 2.25. The molecule has 0 aromatic heterocycles. The summed E-state index contributed by atoms with van der Waals surface area (Å²) in [6.45, 7) is 2.23. The minimum Gasteiger partial charge on any atom is -0.409 e. The summed E-state index contributed by atoms with van der Waals surface area (Å²) in [5, 5.41) is 14.3. The standard InChI is InChI=1S/C10H14FN3O/c1-7(10(12)14-15)13-6-8-3-2-4-9(11)5-8/h2-5,7,13,15H,6H2,1H3,(H2,12,14). The summed E-state index contributed by atoms with van der Waals surface area (Å²) < 4.78 is 12.8. The summed E-state index contributed by atoms with van der Waals surface area (Å²) in [7, 11) is 0. The summed E-state index contributed by atoms with van der Waals surface area (Å²) in [6.07, 6.45) is 0. The van der Waals surface area contributed by atoms with Gasteiger partial charge in [0, 0.05) is 6.54 Å². The van der Waals surface area contributed by atoms with Gasteiger partial charge in [-0.2, -0.15) is 0 Å². The minimum absolute atomic E-state index is 0.103. The zero-order valence-electron chi connectivity index (χ0n) is 8.44. The average molecular weight is 211 g/mol. The third-order valence-corrected chi connectivity index (χ3v) is 2.06. The molecule has 0 aliphatic rings. The van der Waals surface area contributed by atoms with Crippen molar-refractivity contribution in [3.63, 3.8) is 0 Å². The molecule has 1 rings (SSSR count). The van der Waals surface area contributed by atoms with Gasteiger partial charge >= 0.3 is 0 Å². The highest BCUT2D eigenvalue weighted by atomic mass is 19.1. The van der Waals surface area contributed by atoms with E-state index in [0.29, 0.717) is 6.54 Å². The molecule has 0 radical (unpaired) electrons. The summed E-state index contributed by atoms with van der Waals surface area (Å²) >= 11 is 0. The fraction of sp³-hybridized carbons (Fsp3) is 0.300. The maximum Gasteiger partial charge on any atom is 0.156 e. The third kappa shape index (κ3) is 3.55. The van der Waals surface area contributed by atoms with Crippen LogP contribution in [0.2, 0.25) is 0 Å². The van der Waals surface area contributed by atoms with E-state index in [4.69, 9.17) is 10.9 Å². The van der Waals surface area contributed by atoms with Crippen LogP contribution in [0.3, 0.4) is 0 Å². The van der Waals surface area contributed by atoms with Gasteiger partial charge < -0.3 is 16.3 Å². The molecule has 0 spiro atoms. The number of halogens is 1. The first-order valence-corrected chi connectivity index (χ1v) is 4.58. The number of nitrogens with zero attached hydrogens (tertiary/aromatic N) is 1. The van der Waals surface area contributed by atoms with Gasteiger partial charge in [0.1, 0.15) is 5.82 Å². The SMILES string of the molecule is CC(NCc1cccc(F)c1)C(N)=NO. The van der Waals surface area contributed by atoms with Gasteiger partial charge in [0.25, 0.3) is 0 Å². The predicted octanol–water partition coefficient (Wildman–Crippen LogP) is 1.05. The molecule has 1 aromatic carbocycles. The third-order valence-electron chi connectivity index (χ3n) is 2.06. The number of nitrogens with two attached hydrogens (primary N) is 1. The first-order valence-electron chi connectivity index (χ1n) is 4.58. The number of hydrogen-bond donors (Lipinski definition) is 3. The van der Waals surface area contributed by atoms with Gasteiger partial charge in [0.05, 0.1) is 6.04 Å². The molecule has 1 aromatic rings. The zero-order valence-corrected chi connectivity index (χ0v) is 8.44. The molecule has 0 heterocycles. The van der Waals surface area contributed by atoms with Crippen molar-refractivity contribution in [2.24, 2.45) is 10.9 Å². The molecule has 0 bridgehead atoms. The minimum atomic E-state index is -0.272. The second-order valence-electron chi connectivity index (χ2n) is 3.26. The van der Waals surface area contributed by atoms with E-state index in [2.05, 4.69) is 10.5 Å². The van der Waals surface area contributed by atoms with E-state index in [1.165, 1.54) is 12.1 Å². The van der Waals surface area contributed by atoms with E-state index in [1.54, 1.807) is 19.1 Å². The lowest BCUT2D eigenvalue weighted by molar-refractivity contribution is 0.315. The van der Waals surface area contributed by atoms with Crippen molar-refractivity contribution < 1.29 is 9.60 Å². The lowest BCUT2D eigenvalue weighted by Crippen LogP contribution is -2.38. The van der Waals surface area contributed by atoms with Gasteiger partial charge in [-0.15, -0.1) is 0 Å². The highest BCUT2D eigenvalue weighted by Gasteiger charge is 2.06. The Morgan fingerprint density at radius 2 is 2.40 bits per heavy atom. The van der Waals surface area contributed by atoms with E-state index in [0.717, 1.165) is 5.56 Å². The molecule has 0 fully saturated rings. The Bertz CT molecular complexity index is 354. The maximum atomic E-state index is 12.8. The van der Waals surface area contributed by atoms with Gasteiger partial charge in [-0.3, -0.25) is 0 Å². The molecule has 1 atom stereocenters. The second-order valence-corrected chi connectivity index (χ2v) is 3.26. The van der Waals surface area contributed by atoms with Crippen LogP contribution in [0.25, 0.3) is 0 Å². The summed E-state index contributed by atoms with van der Waals surface area (Å²) in [5.41, 5.74) is 6.19. The number of oxime groups is 1. The monoisotopic (exact) mass is 211 g/mol. The number of hydrogen-bond acceptors (Lipinski definition) is 3. The smallest absolute Gasteiger partial charge is 0.156 e. The van der Waals surface area contributed by atoms with Crippen LogP contribution < -0.4 is 11.1 Å². The number of rotatable bonds is 4. The Balaban J connectivity index is 2.50. The Kier molecular flexibility index (Phi) is 4.05. The van der Waals surface area contributed by atoms with E-state index in [9.17, 15) is 4.39 Å². The first-order chi connectivity index (χ1) is 7.13. The lowest BCUT2D eigenvalue weighted by atomic mass is 10.2. The Labute approximate surface area is 87.6 Å². The molecule has 4 N–H and O–H groups in total. The molecule has 1 unspecified atom stereocenters. The van der Waals surface area contributed by atoms with Crippen molar-refractivity contribution in [1.82, 2.24) is 5.32 Å². The van der Waals surface area contributed by atoms with Crippen molar-refractivity contribution in [2.75, 3.05) is 0 Å². The fourth-order valence-electron chi connectivity index (χ4n) is 1.11. The Morgan fingerprint density at radius 1 is 1.67 bits per heavy atom. The largest absolute Gasteiger partial charge is 0.409 e.